The van der Waals surface area contributed by atoms with E-state index in [9.17, 15) is 4.79 Å². The highest BCUT2D eigenvalue weighted by Gasteiger charge is 2.29. The number of benzene rings is 1. The molecule has 1 atom stereocenters. The summed E-state index contributed by atoms with van der Waals surface area (Å²) in [4.78, 5) is 21.8. The zero-order valence-electron chi connectivity index (χ0n) is 15.4. The van der Waals surface area contributed by atoms with Gasteiger partial charge < -0.3 is 4.74 Å². The van der Waals surface area contributed by atoms with Crippen LogP contribution in [-0.2, 0) is 11.4 Å². The van der Waals surface area contributed by atoms with Crippen LogP contribution in [0.1, 0.15) is 24.1 Å². The van der Waals surface area contributed by atoms with Gasteiger partial charge in [-0.3, -0.25) is 19.2 Å². The van der Waals surface area contributed by atoms with Crippen LogP contribution in [0.15, 0.2) is 23.0 Å². The Labute approximate surface area is 168 Å². The van der Waals surface area contributed by atoms with Crippen molar-refractivity contribution in [3.05, 3.63) is 49.9 Å². The lowest BCUT2D eigenvalue weighted by molar-refractivity contribution is 0.0584. The monoisotopic (exact) mass is 408 g/mol. The SMILES string of the molecule is Cc1nc2n(c(=O)c1C)CN(C[C@@H]1CCCO1)CN2c1cc(Cl)cc(Cl)c1. The van der Waals surface area contributed by atoms with Crippen molar-refractivity contribution in [3.8, 4) is 0 Å². The summed E-state index contributed by atoms with van der Waals surface area (Å²) in [6, 6.07) is 5.38. The predicted molar refractivity (Wildman–Crippen MR) is 107 cm³/mol. The molecule has 2 aliphatic heterocycles. The summed E-state index contributed by atoms with van der Waals surface area (Å²) in [5.41, 5.74) is 2.19. The minimum Gasteiger partial charge on any atom is -0.377 e. The number of anilines is 2. The van der Waals surface area contributed by atoms with Gasteiger partial charge in [-0.1, -0.05) is 23.2 Å². The van der Waals surface area contributed by atoms with Crippen LogP contribution >= 0.6 is 23.2 Å². The molecule has 1 aromatic carbocycles. The highest BCUT2D eigenvalue weighted by Crippen LogP contribution is 2.32. The van der Waals surface area contributed by atoms with Gasteiger partial charge in [-0.25, -0.2) is 4.98 Å². The molecule has 1 fully saturated rings. The summed E-state index contributed by atoms with van der Waals surface area (Å²) in [5.74, 6) is 0.616. The number of hydrogen-bond donors (Lipinski definition) is 0. The molecule has 2 aliphatic rings. The molecule has 2 aromatic rings. The predicted octanol–water partition coefficient (Wildman–Crippen LogP) is 3.71. The van der Waals surface area contributed by atoms with Gasteiger partial charge in [0, 0.05) is 40.1 Å². The number of ether oxygens (including phenoxy) is 1. The van der Waals surface area contributed by atoms with E-state index in [1.165, 1.54) is 0 Å². The molecule has 0 spiro atoms. The number of rotatable bonds is 3. The molecular weight excluding hydrogens is 387 g/mol. The van der Waals surface area contributed by atoms with Gasteiger partial charge in [0.2, 0.25) is 5.95 Å². The standard InChI is InChI=1S/C19H22Cl2N4O2/c1-12-13(2)22-19-24(16-7-14(20)6-15(21)8-16)10-23(11-25(19)18(12)26)9-17-4-3-5-27-17/h6-8,17H,3-5,9-11H2,1-2H3/t17-/m0/s1. The summed E-state index contributed by atoms with van der Waals surface area (Å²) in [6.07, 6.45) is 2.33. The highest BCUT2D eigenvalue weighted by atomic mass is 35.5. The molecule has 0 aliphatic carbocycles. The van der Waals surface area contributed by atoms with Gasteiger partial charge in [0.15, 0.2) is 0 Å². The maximum atomic E-state index is 12.9. The Bertz CT molecular complexity index is 904. The van der Waals surface area contributed by atoms with E-state index in [1.54, 1.807) is 10.6 Å². The van der Waals surface area contributed by atoms with E-state index >= 15 is 0 Å². The third kappa shape index (κ3) is 3.72. The molecule has 6 nitrogen and oxygen atoms in total. The molecule has 4 rings (SSSR count). The Balaban J connectivity index is 1.77. The fourth-order valence-electron chi connectivity index (χ4n) is 3.67. The maximum Gasteiger partial charge on any atom is 0.259 e. The fourth-order valence-corrected chi connectivity index (χ4v) is 4.18. The summed E-state index contributed by atoms with van der Waals surface area (Å²) in [7, 11) is 0. The number of nitrogens with zero attached hydrogens (tertiary/aromatic N) is 4. The van der Waals surface area contributed by atoms with Gasteiger partial charge in [0.1, 0.15) is 0 Å². The van der Waals surface area contributed by atoms with Crippen molar-refractivity contribution in [3.63, 3.8) is 0 Å². The lowest BCUT2D eigenvalue weighted by Crippen LogP contribution is -2.49. The Morgan fingerprint density at radius 1 is 1.19 bits per heavy atom. The first-order valence-electron chi connectivity index (χ1n) is 9.08. The van der Waals surface area contributed by atoms with Gasteiger partial charge >= 0.3 is 0 Å². The summed E-state index contributed by atoms with van der Waals surface area (Å²) >= 11 is 12.4. The second-order valence-electron chi connectivity index (χ2n) is 7.18. The Morgan fingerprint density at radius 2 is 1.93 bits per heavy atom. The van der Waals surface area contributed by atoms with Crippen molar-refractivity contribution in [2.24, 2.45) is 0 Å². The van der Waals surface area contributed by atoms with Crippen LogP contribution in [0.3, 0.4) is 0 Å². The molecule has 1 saturated heterocycles. The van der Waals surface area contributed by atoms with Crippen LogP contribution < -0.4 is 10.5 Å². The quantitative estimate of drug-likeness (QED) is 0.774. The fraction of sp³-hybridized carbons (Fsp3) is 0.474. The molecule has 0 N–H and O–H groups in total. The van der Waals surface area contributed by atoms with E-state index < -0.39 is 0 Å². The number of halogens is 2. The van der Waals surface area contributed by atoms with Crippen LogP contribution in [0.5, 0.6) is 0 Å². The van der Waals surface area contributed by atoms with Crippen molar-refractivity contribution in [1.82, 2.24) is 14.5 Å². The summed E-state index contributed by atoms with van der Waals surface area (Å²) in [6.45, 7) is 6.33. The highest BCUT2D eigenvalue weighted by molar-refractivity contribution is 6.35. The van der Waals surface area contributed by atoms with Gasteiger partial charge in [-0.15, -0.1) is 0 Å². The second-order valence-corrected chi connectivity index (χ2v) is 8.06. The Kier molecular flexibility index (Phi) is 5.16. The molecule has 0 amide bonds. The van der Waals surface area contributed by atoms with Crippen LogP contribution in [0, 0.1) is 13.8 Å². The maximum absolute atomic E-state index is 12.9. The molecule has 3 heterocycles. The minimum atomic E-state index is -0.0207. The number of aromatic nitrogens is 2. The molecule has 0 bridgehead atoms. The van der Waals surface area contributed by atoms with Crippen molar-refractivity contribution in [2.45, 2.75) is 39.5 Å². The Morgan fingerprint density at radius 3 is 2.59 bits per heavy atom. The van der Waals surface area contributed by atoms with E-state index in [1.807, 2.05) is 30.9 Å². The molecular formula is C19H22Cl2N4O2. The van der Waals surface area contributed by atoms with E-state index in [0.717, 1.165) is 37.4 Å². The van der Waals surface area contributed by atoms with E-state index in [-0.39, 0.29) is 11.7 Å². The first kappa shape index (κ1) is 18.7. The smallest absolute Gasteiger partial charge is 0.259 e. The average molecular weight is 409 g/mol. The first-order chi connectivity index (χ1) is 12.9. The van der Waals surface area contributed by atoms with E-state index in [0.29, 0.717) is 34.9 Å². The van der Waals surface area contributed by atoms with Gasteiger partial charge in [-0.2, -0.15) is 0 Å². The topological polar surface area (TPSA) is 50.6 Å². The van der Waals surface area contributed by atoms with E-state index in [2.05, 4.69) is 4.90 Å². The normalized spacial score (nSPS) is 20.1. The van der Waals surface area contributed by atoms with Crippen LogP contribution in [0.4, 0.5) is 11.6 Å². The van der Waals surface area contributed by atoms with Crippen molar-refractivity contribution >= 4 is 34.8 Å². The third-order valence-electron chi connectivity index (χ3n) is 5.19. The average Bonchev–Trinajstić information content (AvgIpc) is 3.12. The van der Waals surface area contributed by atoms with Crippen molar-refractivity contribution in [1.29, 1.82) is 0 Å². The minimum absolute atomic E-state index is 0.0207. The molecule has 1 aromatic heterocycles. The zero-order valence-corrected chi connectivity index (χ0v) is 16.9. The van der Waals surface area contributed by atoms with Gasteiger partial charge in [0.05, 0.1) is 19.4 Å². The zero-order chi connectivity index (χ0) is 19.1. The van der Waals surface area contributed by atoms with Gasteiger partial charge in [-0.05, 0) is 44.9 Å². The number of aryl methyl sites for hydroxylation is 1. The first-order valence-corrected chi connectivity index (χ1v) is 9.83. The summed E-state index contributed by atoms with van der Waals surface area (Å²) in [5, 5.41) is 1.10. The molecule has 144 valence electrons. The van der Waals surface area contributed by atoms with Gasteiger partial charge in [0.25, 0.3) is 5.56 Å². The Hall–Kier alpha value is -1.60. The number of hydrogen-bond acceptors (Lipinski definition) is 5. The van der Waals surface area contributed by atoms with Crippen LogP contribution in [0.2, 0.25) is 10.0 Å². The van der Waals surface area contributed by atoms with Crippen LogP contribution in [0.25, 0.3) is 0 Å². The molecule has 8 heteroatoms. The van der Waals surface area contributed by atoms with Crippen molar-refractivity contribution in [2.75, 3.05) is 24.7 Å². The molecule has 0 saturated carbocycles. The molecule has 0 unspecified atom stereocenters. The molecule has 27 heavy (non-hydrogen) atoms. The third-order valence-corrected chi connectivity index (χ3v) is 5.62. The summed E-state index contributed by atoms with van der Waals surface area (Å²) < 4.78 is 7.51. The lowest BCUT2D eigenvalue weighted by atomic mass is 10.2. The van der Waals surface area contributed by atoms with Crippen LogP contribution in [-0.4, -0.2) is 40.4 Å². The largest absolute Gasteiger partial charge is 0.377 e. The second kappa shape index (κ2) is 7.43. The van der Waals surface area contributed by atoms with Crippen molar-refractivity contribution < 1.29 is 4.74 Å². The number of fused-ring (bicyclic) bond motifs is 1. The van der Waals surface area contributed by atoms with E-state index in [4.69, 9.17) is 32.9 Å². The molecule has 0 radical (unpaired) electrons. The lowest BCUT2D eigenvalue weighted by Gasteiger charge is -2.39.